The average molecular weight is 243 g/mol. The zero-order valence-electron chi connectivity index (χ0n) is 10.2. The Labute approximate surface area is 106 Å². The number of ether oxygens (including phenoxy) is 1. The SMILES string of the molecule is Nc1nccc2cc(OC3CCNCC3)ccc12. The quantitative estimate of drug-likeness (QED) is 0.846. The van der Waals surface area contributed by atoms with Crippen LogP contribution in [0.3, 0.4) is 0 Å². The first-order chi connectivity index (χ1) is 8.83. The van der Waals surface area contributed by atoms with Crippen LogP contribution >= 0.6 is 0 Å². The minimum atomic E-state index is 0.322. The van der Waals surface area contributed by atoms with E-state index in [9.17, 15) is 0 Å². The maximum absolute atomic E-state index is 6.00. The van der Waals surface area contributed by atoms with Gasteiger partial charge in [0.2, 0.25) is 0 Å². The number of pyridine rings is 1. The molecule has 3 rings (SSSR count). The molecule has 1 aromatic carbocycles. The van der Waals surface area contributed by atoms with Gasteiger partial charge in [-0.15, -0.1) is 0 Å². The molecule has 0 bridgehead atoms. The molecule has 0 aliphatic carbocycles. The van der Waals surface area contributed by atoms with Gasteiger partial charge in [0, 0.05) is 11.6 Å². The molecule has 0 saturated carbocycles. The van der Waals surface area contributed by atoms with Crippen LogP contribution in [-0.4, -0.2) is 24.2 Å². The van der Waals surface area contributed by atoms with E-state index in [1.807, 2.05) is 24.3 Å². The minimum absolute atomic E-state index is 0.322. The molecule has 4 heteroatoms. The molecule has 1 aliphatic heterocycles. The summed E-state index contributed by atoms with van der Waals surface area (Å²) in [6.07, 6.45) is 4.18. The fraction of sp³-hybridized carbons (Fsp3) is 0.357. The molecule has 18 heavy (non-hydrogen) atoms. The van der Waals surface area contributed by atoms with Crippen molar-refractivity contribution in [2.45, 2.75) is 18.9 Å². The van der Waals surface area contributed by atoms with Gasteiger partial charge in [0.15, 0.2) is 0 Å². The second-order valence-corrected chi connectivity index (χ2v) is 4.65. The van der Waals surface area contributed by atoms with Crippen molar-refractivity contribution in [3.05, 3.63) is 30.5 Å². The molecule has 94 valence electrons. The van der Waals surface area contributed by atoms with Crippen LogP contribution in [0.2, 0.25) is 0 Å². The lowest BCUT2D eigenvalue weighted by Crippen LogP contribution is -2.34. The van der Waals surface area contributed by atoms with Gasteiger partial charge >= 0.3 is 0 Å². The molecule has 0 amide bonds. The van der Waals surface area contributed by atoms with Crippen LogP contribution in [-0.2, 0) is 0 Å². The summed E-state index contributed by atoms with van der Waals surface area (Å²) in [5, 5.41) is 5.39. The number of hydrogen-bond acceptors (Lipinski definition) is 4. The van der Waals surface area contributed by atoms with Crippen molar-refractivity contribution in [1.29, 1.82) is 0 Å². The Bertz CT molecular complexity index is 550. The molecule has 1 fully saturated rings. The number of benzene rings is 1. The van der Waals surface area contributed by atoms with Crippen LogP contribution in [0.25, 0.3) is 10.8 Å². The molecule has 1 aromatic heterocycles. The lowest BCUT2D eigenvalue weighted by molar-refractivity contribution is 0.162. The number of nitrogen functional groups attached to an aromatic ring is 1. The Hall–Kier alpha value is -1.81. The van der Waals surface area contributed by atoms with Gasteiger partial charge in [0.05, 0.1) is 0 Å². The molecule has 0 unspecified atom stereocenters. The maximum Gasteiger partial charge on any atom is 0.131 e. The molecule has 0 radical (unpaired) electrons. The van der Waals surface area contributed by atoms with Crippen LogP contribution < -0.4 is 15.8 Å². The third kappa shape index (κ3) is 2.24. The number of aromatic nitrogens is 1. The number of anilines is 1. The van der Waals surface area contributed by atoms with Crippen LogP contribution in [0.1, 0.15) is 12.8 Å². The lowest BCUT2D eigenvalue weighted by atomic mass is 10.1. The van der Waals surface area contributed by atoms with Crippen molar-refractivity contribution in [2.75, 3.05) is 18.8 Å². The molecule has 2 aromatic rings. The molecule has 1 saturated heterocycles. The van der Waals surface area contributed by atoms with Crippen molar-refractivity contribution in [3.63, 3.8) is 0 Å². The summed E-state index contributed by atoms with van der Waals surface area (Å²) in [6.45, 7) is 2.07. The van der Waals surface area contributed by atoms with E-state index in [1.165, 1.54) is 0 Å². The van der Waals surface area contributed by atoms with Crippen LogP contribution in [0.4, 0.5) is 5.82 Å². The number of rotatable bonds is 2. The Morgan fingerprint density at radius 1 is 1.22 bits per heavy atom. The standard InChI is InChI=1S/C14H17N3O/c15-14-13-2-1-12(9-10(13)3-8-17-14)18-11-4-6-16-7-5-11/h1-3,8-9,11,16H,4-7H2,(H2,15,17). The van der Waals surface area contributed by atoms with Gasteiger partial charge in [0.1, 0.15) is 17.7 Å². The van der Waals surface area contributed by atoms with E-state index in [0.717, 1.165) is 42.5 Å². The highest BCUT2D eigenvalue weighted by molar-refractivity contribution is 5.91. The average Bonchev–Trinajstić information content (AvgIpc) is 2.40. The molecular formula is C14H17N3O. The zero-order valence-corrected chi connectivity index (χ0v) is 10.2. The first-order valence-corrected chi connectivity index (χ1v) is 6.34. The Morgan fingerprint density at radius 2 is 2.06 bits per heavy atom. The van der Waals surface area contributed by atoms with E-state index in [1.54, 1.807) is 6.20 Å². The maximum atomic E-state index is 6.00. The summed E-state index contributed by atoms with van der Waals surface area (Å²) >= 11 is 0. The monoisotopic (exact) mass is 243 g/mol. The van der Waals surface area contributed by atoms with Crippen molar-refractivity contribution >= 4 is 16.6 Å². The Balaban J connectivity index is 1.84. The molecule has 2 heterocycles. The largest absolute Gasteiger partial charge is 0.490 e. The molecule has 1 aliphatic rings. The predicted octanol–water partition coefficient (Wildman–Crippen LogP) is 1.95. The normalized spacial score (nSPS) is 16.9. The summed E-state index contributed by atoms with van der Waals surface area (Å²) in [6, 6.07) is 7.95. The topological polar surface area (TPSA) is 60.2 Å². The van der Waals surface area contributed by atoms with Crippen molar-refractivity contribution in [1.82, 2.24) is 10.3 Å². The van der Waals surface area contributed by atoms with Crippen molar-refractivity contribution in [2.24, 2.45) is 0 Å². The van der Waals surface area contributed by atoms with Crippen LogP contribution in [0, 0.1) is 0 Å². The number of nitrogens with two attached hydrogens (primary N) is 1. The number of piperidine rings is 1. The summed E-state index contributed by atoms with van der Waals surface area (Å²) in [7, 11) is 0. The molecule has 0 spiro atoms. The summed E-state index contributed by atoms with van der Waals surface area (Å²) in [5.74, 6) is 1.49. The Kier molecular flexibility index (Phi) is 3.02. The third-order valence-corrected chi connectivity index (χ3v) is 3.36. The highest BCUT2D eigenvalue weighted by Gasteiger charge is 2.14. The van der Waals surface area contributed by atoms with Gasteiger partial charge in [0.25, 0.3) is 0 Å². The number of fused-ring (bicyclic) bond motifs is 1. The lowest BCUT2D eigenvalue weighted by Gasteiger charge is -2.24. The van der Waals surface area contributed by atoms with Crippen molar-refractivity contribution in [3.8, 4) is 5.75 Å². The second-order valence-electron chi connectivity index (χ2n) is 4.65. The van der Waals surface area contributed by atoms with Gasteiger partial charge in [-0.05, 0) is 55.6 Å². The summed E-state index contributed by atoms with van der Waals surface area (Å²) in [4.78, 5) is 4.08. The van der Waals surface area contributed by atoms with E-state index in [2.05, 4.69) is 10.3 Å². The van der Waals surface area contributed by atoms with Gasteiger partial charge < -0.3 is 15.8 Å². The van der Waals surface area contributed by atoms with Gasteiger partial charge in [-0.25, -0.2) is 4.98 Å². The van der Waals surface area contributed by atoms with E-state index in [-0.39, 0.29) is 0 Å². The number of nitrogens with one attached hydrogen (secondary N) is 1. The molecule has 3 N–H and O–H groups in total. The smallest absolute Gasteiger partial charge is 0.131 e. The highest BCUT2D eigenvalue weighted by Crippen LogP contribution is 2.25. The van der Waals surface area contributed by atoms with Crippen LogP contribution in [0.15, 0.2) is 30.5 Å². The third-order valence-electron chi connectivity index (χ3n) is 3.36. The molecule has 4 nitrogen and oxygen atoms in total. The van der Waals surface area contributed by atoms with E-state index >= 15 is 0 Å². The summed E-state index contributed by atoms with van der Waals surface area (Å²) < 4.78 is 6.00. The van der Waals surface area contributed by atoms with Crippen molar-refractivity contribution < 1.29 is 4.74 Å². The van der Waals surface area contributed by atoms with Gasteiger partial charge in [-0.2, -0.15) is 0 Å². The fourth-order valence-electron chi connectivity index (χ4n) is 2.36. The zero-order chi connectivity index (χ0) is 12.4. The fourth-order valence-corrected chi connectivity index (χ4v) is 2.36. The van der Waals surface area contributed by atoms with E-state index in [0.29, 0.717) is 11.9 Å². The first-order valence-electron chi connectivity index (χ1n) is 6.34. The van der Waals surface area contributed by atoms with Gasteiger partial charge in [-0.3, -0.25) is 0 Å². The number of hydrogen-bond donors (Lipinski definition) is 2. The molecular weight excluding hydrogens is 226 g/mol. The van der Waals surface area contributed by atoms with Gasteiger partial charge in [-0.1, -0.05) is 0 Å². The van der Waals surface area contributed by atoms with Crippen LogP contribution in [0.5, 0.6) is 5.75 Å². The van der Waals surface area contributed by atoms with E-state index in [4.69, 9.17) is 10.5 Å². The molecule has 0 atom stereocenters. The minimum Gasteiger partial charge on any atom is -0.490 e. The Morgan fingerprint density at radius 3 is 2.89 bits per heavy atom. The number of nitrogens with zero attached hydrogens (tertiary/aromatic N) is 1. The predicted molar refractivity (Wildman–Crippen MR) is 72.7 cm³/mol. The summed E-state index contributed by atoms with van der Waals surface area (Å²) in [5.41, 5.74) is 5.83. The first kappa shape index (κ1) is 11.3. The van der Waals surface area contributed by atoms with E-state index < -0.39 is 0 Å². The highest BCUT2D eigenvalue weighted by atomic mass is 16.5. The second kappa shape index (κ2) is 4.82.